The molecule has 0 spiro atoms. The SMILES string of the molecule is CC1CCCCC1NC(=O)CSc1nc(C(C)(C)C)nc2c1c(=O)n(C)c(=O)n2C. The number of thioether (sulfide) groups is 1. The number of carbonyl (C=O) groups is 1. The molecule has 8 nitrogen and oxygen atoms in total. The first kappa shape index (κ1) is 22.5. The number of fused-ring (bicyclic) bond motifs is 1. The molecule has 1 fully saturated rings. The van der Waals surface area contributed by atoms with Crippen LogP contribution in [0.2, 0.25) is 0 Å². The minimum Gasteiger partial charge on any atom is -0.352 e. The number of hydrogen-bond acceptors (Lipinski definition) is 6. The molecular weight excluding hydrogens is 402 g/mol. The van der Waals surface area contributed by atoms with E-state index in [-0.39, 0.29) is 28.5 Å². The van der Waals surface area contributed by atoms with Crippen molar-refractivity contribution in [3.63, 3.8) is 0 Å². The highest BCUT2D eigenvalue weighted by Gasteiger charge is 2.25. The van der Waals surface area contributed by atoms with Gasteiger partial charge in [-0.1, -0.05) is 52.3 Å². The predicted molar refractivity (Wildman–Crippen MR) is 119 cm³/mol. The Bertz CT molecular complexity index is 1080. The van der Waals surface area contributed by atoms with E-state index in [1.807, 2.05) is 20.8 Å². The number of amides is 1. The molecule has 164 valence electrons. The Balaban J connectivity index is 1.96. The van der Waals surface area contributed by atoms with Crippen molar-refractivity contribution in [3.8, 4) is 0 Å². The molecule has 2 atom stereocenters. The first-order valence-electron chi connectivity index (χ1n) is 10.4. The molecule has 0 radical (unpaired) electrons. The Labute approximate surface area is 180 Å². The molecule has 1 N–H and O–H groups in total. The van der Waals surface area contributed by atoms with Crippen LogP contribution in [0.3, 0.4) is 0 Å². The van der Waals surface area contributed by atoms with Gasteiger partial charge in [-0.15, -0.1) is 0 Å². The van der Waals surface area contributed by atoms with Crippen LogP contribution in [0, 0.1) is 5.92 Å². The summed E-state index contributed by atoms with van der Waals surface area (Å²) >= 11 is 1.22. The standard InChI is InChI=1S/C21H31N5O3S/c1-12-9-7-8-10-13(12)22-14(27)11-30-17-15-16(23-19(24-17)21(2,3)4)25(5)20(29)26(6)18(15)28/h12-13H,7-11H2,1-6H3,(H,22,27). The molecule has 1 aliphatic rings. The molecule has 1 saturated carbocycles. The lowest BCUT2D eigenvalue weighted by molar-refractivity contribution is -0.119. The van der Waals surface area contributed by atoms with Crippen molar-refractivity contribution >= 4 is 28.7 Å². The second-order valence-corrected chi connectivity index (χ2v) is 10.2. The maximum Gasteiger partial charge on any atom is 0.332 e. The van der Waals surface area contributed by atoms with Crippen molar-refractivity contribution in [3.05, 3.63) is 26.7 Å². The smallest absolute Gasteiger partial charge is 0.332 e. The van der Waals surface area contributed by atoms with Gasteiger partial charge < -0.3 is 5.32 Å². The van der Waals surface area contributed by atoms with Gasteiger partial charge in [0, 0.05) is 25.6 Å². The van der Waals surface area contributed by atoms with Crippen LogP contribution in [0.5, 0.6) is 0 Å². The molecule has 2 unspecified atom stereocenters. The van der Waals surface area contributed by atoms with E-state index >= 15 is 0 Å². The number of rotatable bonds is 4. The highest BCUT2D eigenvalue weighted by molar-refractivity contribution is 8.00. The van der Waals surface area contributed by atoms with Crippen molar-refractivity contribution in [2.75, 3.05) is 5.75 Å². The van der Waals surface area contributed by atoms with Crippen LogP contribution in [0.25, 0.3) is 11.0 Å². The molecule has 2 aromatic rings. The highest BCUT2D eigenvalue weighted by Crippen LogP contribution is 2.27. The quantitative estimate of drug-likeness (QED) is 0.586. The van der Waals surface area contributed by atoms with Crippen LogP contribution in [0.15, 0.2) is 14.6 Å². The van der Waals surface area contributed by atoms with E-state index < -0.39 is 11.2 Å². The lowest BCUT2D eigenvalue weighted by Gasteiger charge is -2.29. The molecule has 0 saturated heterocycles. The van der Waals surface area contributed by atoms with E-state index in [0.29, 0.717) is 22.4 Å². The van der Waals surface area contributed by atoms with Gasteiger partial charge in [-0.05, 0) is 18.8 Å². The maximum atomic E-state index is 12.8. The second kappa shape index (κ2) is 8.53. The van der Waals surface area contributed by atoms with Gasteiger partial charge in [0.05, 0.1) is 5.75 Å². The Hall–Kier alpha value is -2.16. The van der Waals surface area contributed by atoms with E-state index in [9.17, 15) is 14.4 Å². The largest absolute Gasteiger partial charge is 0.352 e. The Kier molecular flexibility index (Phi) is 6.40. The lowest BCUT2D eigenvalue weighted by atomic mass is 9.86. The zero-order valence-corrected chi connectivity index (χ0v) is 19.4. The van der Waals surface area contributed by atoms with Crippen LogP contribution in [-0.2, 0) is 24.3 Å². The normalized spacial score (nSPS) is 19.8. The van der Waals surface area contributed by atoms with Crippen molar-refractivity contribution in [2.45, 2.75) is 69.9 Å². The van der Waals surface area contributed by atoms with E-state index in [1.165, 1.54) is 29.8 Å². The molecule has 1 amide bonds. The number of nitrogens with zero attached hydrogens (tertiary/aromatic N) is 4. The number of hydrogen-bond donors (Lipinski definition) is 1. The fraction of sp³-hybridized carbons (Fsp3) is 0.667. The van der Waals surface area contributed by atoms with Crippen LogP contribution in [-0.4, -0.2) is 36.8 Å². The van der Waals surface area contributed by atoms with Crippen molar-refractivity contribution in [1.29, 1.82) is 0 Å². The minimum absolute atomic E-state index is 0.0653. The topological polar surface area (TPSA) is 98.9 Å². The van der Waals surface area contributed by atoms with Gasteiger partial charge in [0.1, 0.15) is 16.2 Å². The summed E-state index contributed by atoms with van der Waals surface area (Å²) in [6.07, 6.45) is 4.49. The van der Waals surface area contributed by atoms with Gasteiger partial charge >= 0.3 is 5.69 Å². The average molecular weight is 434 g/mol. The van der Waals surface area contributed by atoms with Gasteiger partial charge in [-0.25, -0.2) is 14.8 Å². The summed E-state index contributed by atoms with van der Waals surface area (Å²) in [7, 11) is 3.03. The minimum atomic E-state index is -0.447. The molecule has 3 rings (SSSR count). The van der Waals surface area contributed by atoms with Crippen LogP contribution < -0.4 is 16.6 Å². The Morgan fingerprint density at radius 3 is 2.43 bits per heavy atom. The summed E-state index contributed by atoms with van der Waals surface area (Å²) in [5, 5.41) is 3.85. The molecular formula is C21H31N5O3S. The predicted octanol–water partition coefficient (Wildman–Crippen LogP) is 2.11. The molecule has 0 bridgehead atoms. The monoisotopic (exact) mass is 433 g/mol. The van der Waals surface area contributed by atoms with Crippen LogP contribution in [0.4, 0.5) is 0 Å². The van der Waals surface area contributed by atoms with E-state index in [4.69, 9.17) is 0 Å². The molecule has 0 aromatic carbocycles. The van der Waals surface area contributed by atoms with E-state index in [0.717, 1.165) is 23.8 Å². The van der Waals surface area contributed by atoms with E-state index in [1.54, 1.807) is 7.05 Å². The summed E-state index contributed by atoms with van der Waals surface area (Å²) in [5.41, 5.74) is -0.962. The average Bonchev–Trinajstić information content (AvgIpc) is 2.69. The summed E-state index contributed by atoms with van der Waals surface area (Å²) in [5.74, 6) is 1.10. The third-order valence-electron chi connectivity index (χ3n) is 5.74. The summed E-state index contributed by atoms with van der Waals surface area (Å²) in [6, 6.07) is 0.202. The van der Waals surface area contributed by atoms with Gasteiger partial charge in [-0.2, -0.15) is 0 Å². The number of nitrogens with one attached hydrogen (secondary N) is 1. The fourth-order valence-corrected chi connectivity index (χ4v) is 4.61. The van der Waals surface area contributed by atoms with Crippen LogP contribution >= 0.6 is 11.8 Å². The molecule has 0 aliphatic heterocycles. The summed E-state index contributed by atoms with van der Waals surface area (Å²) in [4.78, 5) is 47.0. The zero-order chi connectivity index (χ0) is 22.2. The fourth-order valence-electron chi connectivity index (χ4n) is 3.78. The maximum absolute atomic E-state index is 12.8. The number of aromatic nitrogens is 4. The molecule has 2 heterocycles. The van der Waals surface area contributed by atoms with Crippen molar-refractivity contribution in [2.24, 2.45) is 20.0 Å². The lowest BCUT2D eigenvalue weighted by Crippen LogP contribution is -2.42. The Morgan fingerprint density at radius 1 is 1.13 bits per heavy atom. The summed E-state index contributed by atoms with van der Waals surface area (Å²) in [6.45, 7) is 8.09. The van der Waals surface area contributed by atoms with Gasteiger partial charge in [0.25, 0.3) is 5.56 Å². The molecule has 9 heteroatoms. The Morgan fingerprint density at radius 2 is 1.80 bits per heavy atom. The van der Waals surface area contributed by atoms with Crippen molar-refractivity contribution in [1.82, 2.24) is 24.4 Å². The van der Waals surface area contributed by atoms with Crippen LogP contribution in [0.1, 0.15) is 59.2 Å². The summed E-state index contributed by atoms with van der Waals surface area (Å²) < 4.78 is 2.41. The van der Waals surface area contributed by atoms with Gasteiger partial charge in [0.15, 0.2) is 5.65 Å². The third-order valence-corrected chi connectivity index (χ3v) is 6.71. The number of carbonyl (C=O) groups excluding carboxylic acids is 1. The van der Waals surface area contributed by atoms with Gasteiger partial charge in [-0.3, -0.25) is 18.7 Å². The first-order valence-corrected chi connectivity index (χ1v) is 11.4. The highest BCUT2D eigenvalue weighted by atomic mass is 32.2. The molecule has 1 aliphatic carbocycles. The number of aryl methyl sites for hydroxylation is 1. The van der Waals surface area contributed by atoms with Crippen molar-refractivity contribution < 1.29 is 4.79 Å². The molecule has 30 heavy (non-hydrogen) atoms. The zero-order valence-electron chi connectivity index (χ0n) is 18.6. The second-order valence-electron chi connectivity index (χ2n) is 9.23. The van der Waals surface area contributed by atoms with E-state index in [2.05, 4.69) is 22.2 Å². The first-order chi connectivity index (χ1) is 14.0. The third kappa shape index (κ3) is 4.45. The van der Waals surface area contributed by atoms with Gasteiger partial charge in [0.2, 0.25) is 5.91 Å². The molecule has 2 aromatic heterocycles.